The van der Waals surface area contributed by atoms with Gasteiger partial charge in [0.15, 0.2) is 0 Å². The third-order valence-electron chi connectivity index (χ3n) is 1.96. The predicted octanol–water partition coefficient (Wildman–Crippen LogP) is 2.32. The highest BCUT2D eigenvalue weighted by Crippen LogP contribution is 2.11. The average Bonchev–Trinajstić information content (AvgIpc) is 2.20. The summed E-state index contributed by atoms with van der Waals surface area (Å²) in [5.41, 5.74) is 0.299. The molecule has 0 aromatic heterocycles. The van der Waals surface area contributed by atoms with Crippen molar-refractivity contribution in [1.82, 2.24) is 4.90 Å². The van der Waals surface area contributed by atoms with Gasteiger partial charge in [-0.2, -0.15) is 0 Å². The zero-order chi connectivity index (χ0) is 11.4. The Morgan fingerprint density at radius 3 is 2.67 bits per heavy atom. The van der Waals surface area contributed by atoms with E-state index in [2.05, 4.69) is 15.9 Å². The largest absolute Gasteiger partial charge is 0.341 e. The summed E-state index contributed by atoms with van der Waals surface area (Å²) in [5.74, 6) is -1.41. The molecule has 1 amide bonds. The maximum absolute atomic E-state index is 13.2. The van der Waals surface area contributed by atoms with Crippen molar-refractivity contribution in [2.75, 3.05) is 12.4 Å². The van der Waals surface area contributed by atoms with E-state index < -0.39 is 11.6 Å². The molecular weight excluding hydrogens is 268 g/mol. The fourth-order valence-electron chi connectivity index (χ4n) is 1.10. The summed E-state index contributed by atoms with van der Waals surface area (Å²) in [7, 11) is 1.56. The molecule has 0 saturated carbocycles. The molecule has 0 aliphatic heterocycles. The number of benzene rings is 1. The molecule has 15 heavy (non-hydrogen) atoms. The van der Waals surface area contributed by atoms with E-state index in [1.807, 2.05) is 0 Å². The highest BCUT2D eigenvalue weighted by atomic mass is 79.9. The van der Waals surface area contributed by atoms with Gasteiger partial charge >= 0.3 is 0 Å². The van der Waals surface area contributed by atoms with Crippen LogP contribution in [-0.4, -0.2) is 23.2 Å². The first-order valence-electron chi connectivity index (χ1n) is 4.28. The van der Waals surface area contributed by atoms with Gasteiger partial charge in [-0.25, -0.2) is 8.78 Å². The number of hydrogen-bond donors (Lipinski definition) is 0. The Morgan fingerprint density at radius 1 is 1.47 bits per heavy atom. The van der Waals surface area contributed by atoms with Gasteiger partial charge in [-0.3, -0.25) is 4.79 Å². The van der Waals surface area contributed by atoms with Crippen LogP contribution in [0.3, 0.4) is 0 Å². The van der Waals surface area contributed by atoms with Gasteiger partial charge < -0.3 is 4.90 Å². The standard InChI is InChI=1S/C10H10BrF2NO/c1-14(10(15)5-11)6-7-2-3-8(12)4-9(7)13/h2-4H,5-6H2,1H3. The summed E-state index contributed by atoms with van der Waals surface area (Å²) in [6.45, 7) is 0.135. The van der Waals surface area contributed by atoms with Crippen LogP contribution >= 0.6 is 15.9 Å². The van der Waals surface area contributed by atoms with E-state index in [1.165, 1.54) is 17.0 Å². The van der Waals surface area contributed by atoms with Crippen molar-refractivity contribution < 1.29 is 13.6 Å². The molecule has 0 heterocycles. The summed E-state index contributed by atoms with van der Waals surface area (Å²) in [5, 5.41) is 0.187. The molecule has 1 aromatic carbocycles. The summed E-state index contributed by atoms with van der Waals surface area (Å²) >= 11 is 3.01. The van der Waals surface area contributed by atoms with Crippen LogP contribution in [0.15, 0.2) is 18.2 Å². The molecule has 2 nitrogen and oxygen atoms in total. The molecule has 0 aliphatic rings. The Morgan fingerprint density at radius 2 is 2.13 bits per heavy atom. The van der Waals surface area contributed by atoms with Crippen molar-refractivity contribution in [2.24, 2.45) is 0 Å². The number of alkyl halides is 1. The summed E-state index contributed by atoms with van der Waals surface area (Å²) in [4.78, 5) is 12.5. The first kappa shape index (κ1) is 12.1. The third kappa shape index (κ3) is 3.27. The Kier molecular flexibility index (Phi) is 4.20. The first-order chi connectivity index (χ1) is 7.04. The number of carbonyl (C=O) groups excluding carboxylic acids is 1. The second kappa shape index (κ2) is 5.21. The van der Waals surface area contributed by atoms with Crippen LogP contribution < -0.4 is 0 Å². The van der Waals surface area contributed by atoms with E-state index in [0.717, 1.165) is 6.07 Å². The third-order valence-corrected chi connectivity index (χ3v) is 2.44. The lowest BCUT2D eigenvalue weighted by Crippen LogP contribution is -2.27. The number of nitrogens with zero attached hydrogens (tertiary/aromatic N) is 1. The van der Waals surface area contributed by atoms with Gasteiger partial charge in [-0.15, -0.1) is 0 Å². The Balaban J connectivity index is 2.76. The molecule has 0 fully saturated rings. The summed E-state index contributed by atoms with van der Waals surface area (Å²) in [6.07, 6.45) is 0. The van der Waals surface area contributed by atoms with Gasteiger partial charge in [0.25, 0.3) is 0 Å². The van der Waals surface area contributed by atoms with Gasteiger partial charge in [-0.05, 0) is 6.07 Å². The maximum atomic E-state index is 13.2. The minimum Gasteiger partial charge on any atom is -0.341 e. The molecule has 0 aliphatic carbocycles. The number of carbonyl (C=O) groups is 1. The van der Waals surface area contributed by atoms with Gasteiger partial charge in [0.1, 0.15) is 11.6 Å². The molecule has 0 N–H and O–H groups in total. The van der Waals surface area contributed by atoms with Crippen molar-refractivity contribution in [2.45, 2.75) is 6.54 Å². The fourth-order valence-corrected chi connectivity index (χ4v) is 1.52. The van der Waals surface area contributed by atoms with Crippen LogP contribution in [0.2, 0.25) is 0 Å². The van der Waals surface area contributed by atoms with Crippen molar-refractivity contribution in [1.29, 1.82) is 0 Å². The Bertz CT molecular complexity index is 370. The SMILES string of the molecule is CN(Cc1ccc(F)cc1F)C(=O)CBr. The van der Waals surface area contributed by atoms with Crippen LogP contribution in [-0.2, 0) is 11.3 Å². The van der Waals surface area contributed by atoms with Crippen molar-refractivity contribution >= 4 is 21.8 Å². The normalized spacial score (nSPS) is 10.1. The van der Waals surface area contributed by atoms with Crippen LogP contribution in [0.25, 0.3) is 0 Å². The highest BCUT2D eigenvalue weighted by Gasteiger charge is 2.10. The lowest BCUT2D eigenvalue weighted by atomic mass is 10.2. The molecule has 82 valence electrons. The topological polar surface area (TPSA) is 20.3 Å². The van der Waals surface area contributed by atoms with Crippen molar-refractivity contribution in [3.8, 4) is 0 Å². The zero-order valence-corrected chi connectivity index (χ0v) is 9.72. The molecule has 0 spiro atoms. The second-order valence-electron chi connectivity index (χ2n) is 3.12. The first-order valence-corrected chi connectivity index (χ1v) is 5.40. The number of halogens is 3. The minimum atomic E-state index is -0.635. The van der Waals surface area contributed by atoms with Crippen LogP contribution in [0.5, 0.6) is 0 Å². The van der Waals surface area contributed by atoms with Gasteiger partial charge in [0, 0.05) is 25.2 Å². The van der Waals surface area contributed by atoms with E-state index in [9.17, 15) is 13.6 Å². The lowest BCUT2D eigenvalue weighted by Gasteiger charge is -2.16. The predicted molar refractivity (Wildman–Crippen MR) is 56.6 cm³/mol. The smallest absolute Gasteiger partial charge is 0.233 e. The van der Waals surface area contributed by atoms with E-state index in [0.29, 0.717) is 5.56 Å². The highest BCUT2D eigenvalue weighted by molar-refractivity contribution is 9.09. The van der Waals surface area contributed by atoms with Crippen molar-refractivity contribution in [3.63, 3.8) is 0 Å². The molecular formula is C10H10BrF2NO. The molecule has 0 bridgehead atoms. The molecule has 0 radical (unpaired) electrons. The number of hydrogen-bond acceptors (Lipinski definition) is 1. The minimum absolute atomic E-state index is 0.135. The summed E-state index contributed by atoms with van der Waals surface area (Å²) < 4.78 is 25.8. The van der Waals surface area contributed by atoms with Crippen LogP contribution in [0, 0.1) is 11.6 Å². The molecule has 1 aromatic rings. The molecule has 1 rings (SSSR count). The number of amides is 1. The van der Waals surface area contributed by atoms with Crippen LogP contribution in [0.4, 0.5) is 8.78 Å². The monoisotopic (exact) mass is 277 g/mol. The Hall–Kier alpha value is -0.970. The maximum Gasteiger partial charge on any atom is 0.233 e. The summed E-state index contributed by atoms with van der Waals surface area (Å²) in [6, 6.07) is 3.31. The number of rotatable bonds is 3. The lowest BCUT2D eigenvalue weighted by molar-refractivity contribution is -0.127. The second-order valence-corrected chi connectivity index (χ2v) is 3.68. The zero-order valence-electron chi connectivity index (χ0n) is 8.14. The van der Waals surface area contributed by atoms with E-state index in [4.69, 9.17) is 0 Å². The van der Waals surface area contributed by atoms with Gasteiger partial charge in [0.05, 0.1) is 5.33 Å². The van der Waals surface area contributed by atoms with Crippen LogP contribution in [0.1, 0.15) is 5.56 Å². The molecule has 0 saturated heterocycles. The quantitative estimate of drug-likeness (QED) is 0.777. The van der Waals surface area contributed by atoms with Gasteiger partial charge in [-0.1, -0.05) is 22.0 Å². The average molecular weight is 278 g/mol. The van der Waals surface area contributed by atoms with E-state index in [-0.39, 0.29) is 17.8 Å². The van der Waals surface area contributed by atoms with E-state index >= 15 is 0 Å². The molecule has 0 atom stereocenters. The molecule has 5 heteroatoms. The van der Waals surface area contributed by atoms with Gasteiger partial charge in [0.2, 0.25) is 5.91 Å². The fraction of sp³-hybridized carbons (Fsp3) is 0.300. The molecule has 0 unspecified atom stereocenters. The Labute approximate surface area is 95.0 Å². The van der Waals surface area contributed by atoms with Crippen molar-refractivity contribution in [3.05, 3.63) is 35.4 Å². The van der Waals surface area contributed by atoms with E-state index in [1.54, 1.807) is 7.05 Å².